The molecule has 17 heavy (non-hydrogen) atoms. The summed E-state index contributed by atoms with van der Waals surface area (Å²) >= 11 is 0. The summed E-state index contributed by atoms with van der Waals surface area (Å²) in [6, 6.07) is 0. The average molecular weight is 259 g/mol. The summed E-state index contributed by atoms with van der Waals surface area (Å²) in [7, 11) is -3.85. The van der Waals surface area contributed by atoms with E-state index in [9.17, 15) is 18.3 Å². The molecule has 0 atom stereocenters. The van der Waals surface area contributed by atoms with Crippen LogP contribution in [0.1, 0.15) is 25.7 Å². The third-order valence-electron chi connectivity index (χ3n) is 2.96. The van der Waals surface area contributed by atoms with E-state index in [0.29, 0.717) is 25.7 Å². The molecule has 8 heteroatoms. The topological polar surface area (TPSA) is 112 Å². The summed E-state index contributed by atoms with van der Waals surface area (Å²) < 4.78 is 26.1. The van der Waals surface area contributed by atoms with E-state index in [0.717, 1.165) is 6.20 Å². The maximum Gasteiger partial charge on any atom is 0.324 e. The highest BCUT2D eigenvalue weighted by Crippen LogP contribution is 2.31. The third kappa shape index (κ3) is 2.18. The van der Waals surface area contributed by atoms with Crippen molar-refractivity contribution in [2.24, 2.45) is 0 Å². The first-order chi connectivity index (χ1) is 7.96. The number of sulfonamides is 1. The second-order valence-corrected chi connectivity index (χ2v) is 5.77. The van der Waals surface area contributed by atoms with Crippen LogP contribution >= 0.6 is 0 Å². The Morgan fingerprint density at radius 3 is 2.59 bits per heavy atom. The van der Waals surface area contributed by atoms with Crippen molar-refractivity contribution < 1.29 is 18.3 Å². The van der Waals surface area contributed by atoms with Crippen molar-refractivity contribution in [2.45, 2.75) is 36.2 Å². The van der Waals surface area contributed by atoms with Crippen LogP contribution in [-0.4, -0.2) is 35.0 Å². The van der Waals surface area contributed by atoms with E-state index in [1.165, 1.54) is 6.33 Å². The normalized spacial score (nSPS) is 19.3. The highest BCUT2D eigenvalue weighted by Gasteiger charge is 2.44. The van der Waals surface area contributed by atoms with Gasteiger partial charge in [-0.2, -0.15) is 4.72 Å². The molecular weight excluding hydrogens is 246 g/mol. The number of nitrogens with zero attached hydrogens (tertiary/aromatic N) is 1. The number of aromatic nitrogens is 2. The lowest BCUT2D eigenvalue weighted by molar-refractivity contribution is -0.143. The summed E-state index contributed by atoms with van der Waals surface area (Å²) in [5, 5.41) is 9.05. The second-order valence-electron chi connectivity index (χ2n) is 4.12. The van der Waals surface area contributed by atoms with E-state index in [4.69, 9.17) is 0 Å². The average Bonchev–Trinajstić information content (AvgIpc) is 2.86. The van der Waals surface area contributed by atoms with Crippen LogP contribution in [0.2, 0.25) is 0 Å². The number of aliphatic carboxylic acids is 1. The fraction of sp³-hybridized carbons (Fsp3) is 0.556. The number of carboxylic acid groups (broad SMARTS) is 1. The molecule has 0 amide bonds. The van der Waals surface area contributed by atoms with Crippen LogP contribution in [0.5, 0.6) is 0 Å². The molecule has 0 aromatic carbocycles. The van der Waals surface area contributed by atoms with E-state index in [1.54, 1.807) is 0 Å². The molecule has 0 spiro atoms. The Morgan fingerprint density at radius 1 is 1.47 bits per heavy atom. The Kier molecular flexibility index (Phi) is 2.92. The monoisotopic (exact) mass is 259 g/mol. The molecule has 1 aliphatic rings. The molecule has 2 rings (SSSR count). The van der Waals surface area contributed by atoms with Crippen molar-refractivity contribution >= 4 is 16.0 Å². The first kappa shape index (κ1) is 12.1. The quantitative estimate of drug-likeness (QED) is 0.709. The van der Waals surface area contributed by atoms with Crippen molar-refractivity contribution in [2.75, 3.05) is 0 Å². The zero-order valence-corrected chi connectivity index (χ0v) is 9.83. The predicted octanol–water partition coefficient (Wildman–Crippen LogP) is 0.0854. The second kappa shape index (κ2) is 4.11. The fourth-order valence-corrected chi connectivity index (χ4v) is 3.36. The van der Waals surface area contributed by atoms with Crippen LogP contribution in [0.4, 0.5) is 0 Å². The number of hydrogen-bond acceptors (Lipinski definition) is 4. The number of carbonyl (C=O) groups is 1. The first-order valence-electron chi connectivity index (χ1n) is 5.22. The molecule has 0 saturated heterocycles. The minimum absolute atomic E-state index is 0.120. The van der Waals surface area contributed by atoms with Gasteiger partial charge in [-0.05, 0) is 12.8 Å². The van der Waals surface area contributed by atoms with Crippen LogP contribution < -0.4 is 4.72 Å². The van der Waals surface area contributed by atoms with Crippen LogP contribution in [0.25, 0.3) is 0 Å². The third-order valence-corrected chi connectivity index (χ3v) is 4.42. The lowest BCUT2D eigenvalue weighted by Gasteiger charge is -2.24. The first-order valence-corrected chi connectivity index (χ1v) is 6.70. The van der Waals surface area contributed by atoms with Crippen molar-refractivity contribution in [1.29, 1.82) is 0 Å². The van der Waals surface area contributed by atoms with Crippen molar-refractivity contribution in [3.63, 3.8) is 0 Å². The van der Waals surface area contributed by atoms with Gasteiger partial charge in [0.1, 0.15) is 5.54 Å². The maximum absolute atomic E-state index is 11.9. The Balaban J connectivity index is 2.28. The molecule has 0 aliphatic heterocycles. The van der Waals surface area contributed by atoms with Gasteiger partial charge in [0.05, 0.1) is 12.5 Å². The van der Waals surface area contributed by atoms with Gasteiger partial charge in [0, 0.05) is 0 Å². The van der Waals surface area contributed by atoms with Gasteiger partial charge in [0.2, 0.25) is 0 Å². The largest absolute Gasteiger partial charge is 0.480 e. The van der Waals surface area contributed by atoms with Crippen molar-refractivity contribution in [3.05, 3.63) is 12.5 Å². The van der Waals surface area contributed by atoms with E-state index in [1.807, 2.05) is 0 Å². The molecular formula is C9H13N3O4S. The van der Waals surface area contributed by atoms with Gasteiger partial charge in [-0.25, -0.2) is 13.4 Å². The molecule has 7 nitrogen and oxygen atoms in total. The van der Waals surface area contributed by atoms with E-state index in [-0.39, 0.29) is 5.03 Å². The van der Waals surface area contributed by atoms with Crippen LogP contribution in [0.3, 0.4) is 0 Å². The van der Waals surface area contributed by atoms with Gasteiger partial charge in [-0.1, -0.05) is 12.8 Å². The summed E-state index contributed by atoms with van der Waals surface area (Å²) in [4.78, 5) is 17.3. The zero-order valence-electron chi connectivity index (χ0n) is 9.01. The molecule has 0 unspecified atom stereocenters. The smallest absolute Gasteiger partial charge is 0.324 e. The number of carboxylic acids is 1. The Bertz CT molecular complexity index is 502. The van der Waals surface area contributed by atoms with Gasteiger partial charge in [0.15, 0.2) is 5.03 Å². The predicted molar refractivity (Wildman–Crippen MR) is 57.7 cm³/mol. The van der Waals surface area contributed by atoms with Crippen molar-refractivity contribution in [1.82, 2.24) is 14.7 Å². The number of H-pyrrole nitrogens is 1. The van der Waals surface area contributed by atoms with Gasteiger partial charge >= 0.3 is 5.97 Å². The number of hydrogen-bond donors (Lipinski definition) is 3. The summed E-state index contributed by atoms with van der Waals surface area (Å²) in [5.41, 5.74) is -1.37. The van der Waals surface area contributed by atoms with Crippen LogP contribution in [0.15, 0.2) is 17.6 Å². The highest BCUT2D eigenvalue weighted by atomic mass is 32.2. The molecule has 0 bridgehead atoms. The molecule has 94 valence electrons. The maximum atomic E-state index is 11.9. The molecule has 1 saturated carbocycles. The molecule has 0 radical (unpaired) electrons. The number of aromatic amines is 1. The molecule has 1 aromatic rings. The summed E-state index contributed by atoms with van der Waals surface area (Å²) in [6.07, 6.45) is 4.42. The summed E-state index contributed by atoms with van der Waals surface area (Å²) in [6.45, 7) is 0. The molecule has 1 fully saturated rings. The SMILES string of the molecule is O=C(O)C1(NS(=O)(=O)c2cnc[nH]2)CCCC1. The zero-order chi connectivity index (χ0) is 12.5. The summed E-state index contributed by atoms with van der Waals surface area (Å²) in [5.74, 6) is -1.13. The molecule has 1 aromatic heterocycles. The Morgan fingerprint density at radius 2 is 2.12 bits per heavy atom. The highest BCUT2D eigenvalue weighted by molar-refractivity contribution is 7.89. The lowest BCUT2D eigenvalue weighted by Crippen LogP contribution is -2.52. The fourth-order valence-electron chi connectivity index (χ4n) is 2.04. The van der Waals surface area contributed by atoms with Gasteiger partial charge in [0.25, 0.3) is 10.0 Å². The number of imidazole rings is 1. The molecule has 1 aliphatic carbocycles. The lowest BCUT2D eigenvalue weighted by atomic mass is 10.0. The van der Waals surface area contributed by atoms with E-state index < -0.39 is 21.5 Å². The Labute approximate surface area is 98.3 Å². The van der Waals surface area contributed by atoms with E-state index in [2.05, 4.69) is 14.7 Å². The standard InChI is InChI=1S/C9H13N3O4S/c13-8(14)9(3-1-2-4-9)12-17(15,16)7-5-10-6-11-7/h5-6,12H,1-4H2,(H,10,11)(H,13,14). The van der Waals surface area contributed by atoms with Gasteiger partial charge in [-0.3, -0.25) is 4.79 Å². The minimum atomic E-state index is -3.85. The van der Waals surface area contributed by atoms with Crippen LogP contribution in [-0.2, 0) is 14.8 Å². The molecule has 1 heterocycles. The van der Waals surface area contributed by atoms with E-state index >= 15 is 0 Å². The number of rotatable bonds is 4. The molecule has 3 N–H and O–H groups in total. The number of nitrogens with one attached hydrogen (secondary N) is 2. The van der Waals surface area contributed by atoms with Crippen LogP contribution in [0, 0.1) is 0 Å². The van der Waals surface area contributed by atoms with Gasteiger partial charge < -0.3 is 10.1 Å². The Hall–Kier alpha value is -1.41. The van der Waals surface area contributed by atoms with Gasteiger partial charge in [-0.15, -0.1) is 0 Å². The minimum Gasteiger partial charge on any atom is -0.480 e. The van der Waals surface area contributed by atoms with Crippen molar-refractivity contribution in [3.8, 4) is 0 Å².